The Labute approximate surface area is 180 Å². The van der Waals surface area contributed by atoms with Crippen LogP contribution in [0, 0.1) is 10.1 Å². The zero-order valence-corrected chi connectivity index (χ0v) is 17.2. The number of ether oxygens (including phenoxy) is 1. The van der Waals surface area contributed by atoms with E-state index in [0.717, 1.165) is 12.1 Å². The van der Waals surface area contributed by atoms with Gasteiger partial charge in [0, 0.05) is 38.2 Å². The van der Waals surface area contributed by atoms with Gasteiger partial charge in [0.25, 0.3) is 5.69 Å². The van der Waals surface area contributed by atoms with Gasteiger partial charge in [-0.3, -0.25) is 20.2 Å². The van der Waals surface area contributed by atoms with Crippen LogP contribution >= 0.6 is 11.6 Å². The third-order valence-electron chi connectivity index (χ3n) is 5.54. The fourth-order valence-electron chi connectivity index (χ4n) is 3.97. The van der Waals surface area contributed by atoms with E-state index in [9.17, 15) is 32.9 Å². The standard InChI is InChI=1S/C18H20ClF3N4O5/c1-31-17(28)25-6-4-24(5-7-25)16(27)13-9-11(15(23-13)18(20,21)22)10-2-3-14(26(29)30)12(19)8-10/h2-3,8,11,13,15,23H,4-7,9H2,1H3/t11?,13-,15+/m0/s1. The molecule has 1 aromatic carbocycles. The number of nitrogens with zero attached hydrogens (tertiary/aromatic N) is 3. The number of methoxy groups -OCH3 is 1. The van der Waals surface area contributed by atoms with E-state index < -0.39 is 46.8 Å². The lowest BCUT2D eigenvalue weighted by Crippen LogP contribution is -2.55. The van der Waals surface area contributed by atoms with Crippen LogP contribution in [0.5, 0.6) is 0 Å². The Morgan fingerprint density at radius 1 is 1.23 bits per heavy atom. The number of nitrogens with one attached hydrogen (secondary N) is 1. The van der Waals surface area contributed by atoms with Crippen molar-refractivity contribution in [3.05, 3.63) is 38.9 Å². The minimum absolute atomic E-state index is 0.144. The van der Waals surface area contributed by atoms with Crippen molar-refractivity contribution in [3.63, 3.8) is 0 Å². The molecule has 3 rings (SSSR count). The van der Waals surface area contributed by atoms with Gasteiger partial charge in [-0.05, 0) is 18.1 Å². The maximum absolute atomic E-state index is 13.7. The molecule has 9 nitrogen and oxygen atoms in total. The summed E-state index contributed by atoms with van der Waals surface area (Å²) in [4.78, 5) is 37.4. The zero-order valence-electron chi connectivity index (χ0n) is 16.4. The Kier molecular flexibility index (Phi) is 6.60. The highest BCUT2D eigenvalue weighted by molar-refractivity contribution is 6.32. The molecule has 3 atom stereocenters. The minimum Gasteiger partial charge on any atom is -0.453 e. The molecule has 2 saturated heterocycles. The lowest BCUT2D eigenvalue weighted by molar-refractivity contribution is -0.384. The Hall–Kier alpha value is -2.60. The van der Waals surface area contributed by atoms with Crippen LogP contribution < -0.4 is 5.32 Å². The predicted octanol–water partition coefficient (Wildman–Crippen LogP) is 2.54. The molecule has 1 aromatic rings. The van der Waals surface area contributed by atoms with Crippen LogP contribution in [0.1, 0.15) is 17.9 Å². The summed E-state index contributed by atoms with van der Waals surface area (Å²) in [5.41, 5.74) is -0.243. The molecule has 13 heteroatoms. The third-order valence-corrected chi connectivity index (χ3v) is 5.85. The van der Waals surface area contributed by atoms with Crippen LogP contribution in [-0.4, -0.2) is 78.3 Å². The maximum Gasteiger partial charge on any atom is 0.409 e. The largest absolute Gasteiger partial charge is 0.453 e. The smallest absolute Gasteiger partial charge is 0.409 e. The number of halogens is 4. The number of piperazine rings is 1. The summed E-state index contributed by atoms with van der Waals surface area (Å²) in [7, 11) is 1.24. The number of alkyl halides is 3. The average Bonchev–Trinajstić information content (AvgIpc) is 3.18. The zero-order chi connectivity index (χ0) is 22.9. The summed E-state index contributed by atoms with van der Waals surface area (Å²) in [6, 6.07) is 0.349. The van der Waals surface area contributed by atoms with Crippen LogP contribution in [0.3, 0.4) is 0 Å². The number of nitro benzene ring substituents is 1. The monoisotopic (exact) mass is 464 g/mol. The molecule has 0 saturated carbocycles. The van der Waals surface area contributed by atoms with Gasteiger partial charge in [0.15, 0.2) is 0 Å². The first kappa shape index (κ1) is 23.1. The van der Waals surface area contributed by atoms with Gasteiger partial charge >= 0.3 is 12.3 Å². The number of carbonyl (C=O) groups excluding carboxylic acids is 2. The van der Waals surface area contributed by atoms with Gasteiger partial charge in [-0.25, -0.2) is 4.79 Å². The van der Waals surface area contributed by atoms with Gasteiger partial charge in [0.1, 0.15) is 11.1 Å². The Morgan fingerprint density at radius 3 is 2.35 bits per heavy atom. The van der Waals surface area contributed by atoms with Crippen molar-refractivity contribution in [3.8, 4) is 0 Å². The second kappa shape index (κ2) is 8.87. The fraction of sp³-hybridized carbons (Fsp3) is 0.556. The first-order valence-electron chi connectivity index (χ1n) is 9.41. The first-order chi connectivity index (χ1) is 14.5. The summed E-state index contributed by atoms with van der Waals surface area (Å²) in [5.74, 6) is -1.63. The van der Waals surface area contributed by atoms with Gasteiger partial charge in [-0.2, -0.15) is 13.2 Å². The van der Waals surface area contributed by atoms with E-state index in [2.05, 4.69) is 10.1 Å². The number of hydrogen-bond acceptors (Lipinski definition) is 6. The molecule has 0 aliphatic carbocycles. The SMILES string of the molecule is COC(=O)N1CCN(C(=O)[C@@H]2CC(c3ccc([N+](=O)[O-])c(Cl)c3)[C@H](C(F)(F)F)N2)CC1. The highest BCUT2D eigenvalue weighted by Crippen LogP contribution is 2.41. The van der Waals surface area contributed by atoms with E-state index in [1.165, 1.54) is 23.0 Å². The molecule has 2 heterocycles. The molecule has 0 spiro atoms. The summed E-state index contributed by atoms with van der Waals surface area (Å²) in [5, 5.41) is 13.0. The van der Waals surface area contributed by atoms with E-state index in [0.29, 0.717) is 0 Å². The quantitative estimate of drug-likeness (QED) is 0.544. The summed E-state index contributed by atoms with van der Waals surface area (Å²) >= 11 is 5.88. The van der Waals surface area contributed by atoms with Gasteiger partial charge in [0.05, 0.1) is 18.1 Å². The lowest BCUT2D eigenvalue weighted by Gasteiger charge is -2.35. The van der Waals surface area contributed by atoms with Crippen molar-refractivity contribution >= 4 is 29.3 Å². The number of nitro groups is 1. The first-order valence-corrected chi connectivity index (χ1v) is 9.79. The van der Waals surface area contributed by atoms with Crippen LogP contribution in [0.25, 0.3) is 0 Å². The highest BCUT2D eigenvalue weighted by atomic mass is 35.5. The molecule has 2 fully saturated rings. The molecule has 31 heavy (non-hydrogen) atoms. The van der Waals surface area contributed by atoms with Crippen molar-refractivity contribution in [1.29, 1.82) is 0 Å². The van der Waals surface area contributed by atoms with E-state index in [4.69, 9.17) is 11.6 Å². The van der Waals surface area contributed by atoms with Crippen molar-refractivity contribution in [2.45, 2.75) is 30.6 Å². The molecule has 0 bridgehead atoms. The van der Waals surface area contributed by atoms with E-state index >= 15 is 0 Å². The molecule has 170 valence electrons. The molecular weight excluding hydrogens is 445 g/mol. The number of rotatable bonds is 3. The molecular formula is C18H20ClF3N4O5. The van der Waals surface area contributed by atoms with Crippen molar-refractivity contribution in [1.82, 2.24) is 15.1 Å². The van der Waals surface area contributed by atoms with Crippen molar-refractivity contribution in [2.24, 2.45) is 0 Å². The van der Waals surface area contributed by atoms with Crippen LogP contribution in [0.15, 0.2) is 18.2 Å². The molecule has 2 aliphatic rings. The molecule has 2 aliphatic heterocycles. The normalized spacial score (nSPS) is 24.2. The van der Waals surface area contributed by atoms with E-state index in [1.54, 1.807) is 0 Å². The number of benzene rings is 1. The lowest BCUT2D eigenvalue weighted by atomic mass is 9.90. The van der Waals surface area contributed by atoms with Crippen LogP contribution in [0.2, 0.25) is 5.02 Å². The number of carbonyl (C=O) groups is 2. The number of hydrogen-bond donors (Lipinski definition) is 1. The van der Waals surface area contributed by atoms with Crippen LogP contribution in [-0.2, 0) is 9.53 Å². The van der Waals surface area contributed by atoms with E-state index in [-0.39, 0.29) is 43.2 Å². The summed E-state index contributed by atoms with van der Waals surface area (Å²) in [6.07, 6.45) is -5.32. The minimum atomic E-state index is -4.64. The van der Waals surface area contributed by atoms with Crippen LogP contribution in [0.4, 0.5) is 23.7 Å². The van der Waals surface area contributed by atoms with Gasteiger partial charge in [0.2, 0.25) is 5.91 Å². The van der Waals surface area contributed by atoms with Crippen molar-refractivity contribution < 1.29 is 32.4 Å². The summed E-state index contributed by atoms with van der Waals surface area (Å²) < 4.78 is 45.7. The number of amides is 2. The Morgan fingerprint density at radius 2 is 1.84 bits per heavy atom. The molecule has 1 N–H and O–H groups in total. The second-order valence-electron chi connectivity index (χ2n) is 7.33. The Bertz CT molecular complexity index is 876. The molecule has 0 radical (unpaired) electrons. The topological polar surface area (TPSA) is 105 Å². The molecule has 1 unspecified atom stereocenters. The van der Waals surface area contributed by atoms with Gasteiger partial charge in [-0.15, -0.1) is 0 Å². The Balaban J connectivity index is 1.76. The third kappa shape index (κ3) is 4.85. The highest BCUT2D eigenvalue weighted by Gasteiger charge is 2.52. The summed E-state index contributed by atoms with van der Waals surface area (Å²) in [6.45, 7) is 0.790. The second-order valence-corrected chi connectivity index (χ2v) is 7.74. The molecule has 0 aromatic heterocycles. The molecule has 2 amide bonds. The van der Waals surface area contributed by atoms with Crippen molar-refractivity contribution in [2.75, 3.05) is 33.3 Å². The van der Waals surface area contributed by atoms with E-state index in [1.807, 2.05) is 0 Å². The maximum atomic E-state index is 13.7. The van der Waals surface area contributed by atoms with Gasteiger partial charge in [-0.1, -0.05) is 17.7 Å². The fourth-order valence-corrected chi connectivity index (χ4v) is 4.23. The predicted molar refractivity (Wildman–Crippen MR) is 103 cm³/mol. The average molecular weight is 465 g/mol. The van der Waals surface area contributed by atoms with Gasteiger partial charge < -0.3 is 14.5 Å².